The van der Waals surface area contributed by atoms with Gasteiger partial charge in [0.25, 0.3) is 0 Å². The second kappa shape index (κ2) is 6.67. The Kier molecular flexibility index (Phi) is 4.66. The van der Waals surface area contributed by atoms with Gasteiger partial charge < -0.3 is 10.1 Å². The summed E-state index contributed by atoms with van der Waals surface area (Å²) in [7, 11) is 0. The highest BCUT2D eigenvalue weighted by Crippen LogP contribution is 2.13. The van der Waals surface area contributed by atoms with Crippen molar-refractivity contribution in [3.8, 4) is 5.88 Å². The van der Waals surface area contributed by atoms with E-state index in [1.54, 1.807) is 0 Å². The van der Waals surface area contributed by atoms with E-state index in [1.807, 2.05) is 19.9 Å². The van der Waals surface area contributed by atoms with Gasteiger partial charge in [-0.25, -0.2) is 9.97 Å². The predicted octanol–water partition coefficient (Wildman–Crippen LogP) is 1.35. The lowest BCUT2D eigenvalue weighted by Gasteiger charge is -2.08. The van der Waals surface area contributed by atoms with E-state index >= 15 is 0 Å². The van der Waals surface area contributed by atoms with Gasteiger partial charge in [-0.1, -0.05) is 0 Å². The first-order chi connectivity index (χ1) is 9.28. The third-order valence-electron chi connectivity index (χ3n) is 2.47. The molecule has 7 nitrogen and oxygen atoms in total. The van der Waals surface area contributed by atoms with Crippen molar-refractivity contribution in [2.75, 3.05) is 18.5 Å². The molecule has 2 rings (SSSR count). The molecule has 2 aromatic heterocycles. The highest BCUT2D eigenvalue weighted by atomic mass is 16.5. The van der Waals surface area contributed by atoms with Crippen molar-refractivity contribution in [3.63, 3.8) is 0 Å². The average Bonchev–Trinajstić information content (AvgIpc) is 2.87. The molecule has 0 spiro atoms. The number of aryl methyl sites for hydroxylation is 2. The fraction of sp³-hybridized carbons (Fsp3) is 0.500. The number of anilines is 1. The number of aromatic amines is 1. The molecule has 0 amide bonds. The summed E-state index contributed by atoms with van der Waals surface area (Å²) in [6, 6.07) is 1.81. The smallest absolute Gasteiger partial charge is 0.218 e. The van der Waals surface area contributed by atoms with Crippen LogP contribution in [-0.4, -0.2) is 38.3 Å². The lowest BCUT2D eigenvalue weighted by atomic mass is 10.3. The van der Waals surface area contributed by atoms with E-state index in [4.69, 9.17) is 4.74 Å². The van der Waals surface area contributed by atoms with Gasteiger partial charge in [0.1, 0.15) is 23.8 Å². The largest absolute Gasteiger partial charge is 0.478 e. The van der Waals surface area contributed by atoms with Gasteiger partial charge in [0.2, 0.25) is 5.88 Å². The van der Waals surface area contributed by atoms with E-state index in [0.717, 1.165) is 31.0 Å². The Morgan fingerprint density at radius 3 is 3.00 bits per heavy atom. The maximum absolute atomic E-state index is 5.38. The second-order valence-corrected chi connectivity index (χ2v) is 4.03. The van der Waals surface area contributed by atoms with Crippen molar-refractivity contribution in [1.29, 1.82) is 0 Å². The Morgan fingerprint density at radius 2 is 2.26 bits per heavy atom. The molecular formula is C12H18N6O. The molecule has 0 radical (unpaired) electrons. The van der Waals surface area contributed by atoms with Crippen molar-refractivity contribution < 1.29 is 4.74 Å². The minimum atomic E-state index is 0.599. The summed E-state index contributed by atoms with van der Waals surface area (Å²) < 4.78 is 5.38. The number of rotatable bonds is 7. The number of hydrogen-bond donors (Lipinski definition) is 2. The monoisotopic (exact) mass is 262 g/mol. The standard InChI is InChI=1S/C12H18N6O/c1-3-19-12-7-11(16-9(2)17-12)13-6-4-5-10-14-8-15-18-10/h7-8H,3-6H2,1-2H3,(H,13,16,17)(H,14,15,18). The van der Waals surface area contributed by atoms with Crippen LogP contribution < -0.4 is 10.1 Å². The van der Waals surface area contributed by atoms with E-state index in [9.17, 15) is 0 Å². The molecule has 0 bridgehead atoms. The minimum absolute atomic E-state index is 0.599. The van der Waals surface area contributed by atoms with Crippen LogP contribution in [0, 0.1) is 6.92 Å². The highest BCUT2D eigenvalue weighted by molar-refractivity contribution is 5.38. The first-order valence-electron chi connectivity index (χ1n) is 6.34. The summed E-state index contributed by atoms with van der Waals surface area (Å²) in [5, 5.41) is 9.90. The Balaban J connectivity index is 1.81. The molecule has 0 fully saturated rings. The van der Waals surface area contributed by atoms with E-state index < -0.39 is 0 Å². The zero-order valence-electron chi connectivity index (χ0n) is 11.2. The third-order valence-corrected chi connectivity index (χ3v) is 2.47. The van der Waals surface area contributed by atoms with Crippen LogP contribution in [-0.2, 0) is 6.42 Å². The molecule has 102 valence electrons. The molecule has 0 atom stereocenters. The van der Waals surface area contributed by atoms with Gasteiger partial charge in [-0.15, -0.1) is 0 Å². The minimum Gasteiger partial charge on any atom is -0.478 e. The van der Waals surface area contributed by atoms with Crippen molar-refractivity contribution in [2.24, 2.45) is 0 Å². The fourth-order valence-electron chi connectivity index (χ4n) is 1.68. The maximum Gasteiger partial charge on any atom is 0.218 e. The van der Waals surface area contributed by atoms with Crippen LogP contribution in [0.25, 0.3) is 0 Å². The molecule has 0 aliphatic carbocycles. The Hall–Kier alpha value is -2.18. The fourth-order valence-corrected chi connectivity index (χ4v) is 1.68. The topological polar surface area (TPSA) is 88.6 Å². The molecule has 7 heteroatoms. The van der Waals surface area contributed by atoms with Gasteiger partial charge in [-0.05, 0) is 20.3 Å². The van der Waals surface area contributed by atoms with Gasteiger partial charge in [-0.2, -0.15) is 10.1 Å². The van der Waals surface area contributed by atoms with Crippen LogP contribution in [0.1, 0.15) is 25.0 Å². The Labute approximate surface area is 111 Å². The van der Waals surface area contributed by atoms with Crippen molar-refractivity contribution in [2.45, 2.75) is 26.7 Å². The van der Waals surface area contributed by atoms with Gasteiger partial charge >= 0.3 is 0 Å². The zero-order chi connectivity index (χ0) is 13.5. The van der Waals surface area contributed by atoms with Crippen LogP contribution in [0.4, 0.5) is 5.82 Å². The number of nitrogens with zero attached hydrogens (tertiary/aromatic N) is 4. The molecule has 0 aliphatic heterocycles. The Bertz CT molecular complexity index is 499. The molecule has 19 heavy (non-hydrogen) atoms. The van der Waals surface area contributed by atoms with Crippen molar-refractivity contribution >= 4 is 5.82 Å². The number of hydrogen-bond acceptors (Lipinski definition) is 6. The quantitative estimate of drug-likeness (QED) is 0.732. The van der Waals surface area contributed by atoms with Gasteiger partial charge in [0.05, 0.1) is 6.61 Å². The summed E-state index contributed by atoms with van der Waals surface area (Å²) in [6.45, 7) is 5.19. The molecule has 0 unspecified atom stereocenters. The zero-order valence-corrected chi connectivity index (χ0v) is 11.2. The van der Waals surface area contributed by atoms with Crippen molar-refractivity contribution in [1.82, 2.24) is 25.1 Å². The van der Waals surface area contributed by atoms with Gasteiger partial charge in [-0.3, -0.25) is 5.10 Å². The van der Waals surface area contributed by atoms with Crippen LogP contribution in [0.2, 0.25) is 0 Å². The molecule has 2 aromatic rings. The first-order valence-corrected chi connectivity index (χ1v) is 6.34. The summed E-state index contributed by atoms with van der Waals surface area (Å²) in [5.74, 6) is 2.99. The van der Waals surface area contributed by atoms with E-state index in [-0.39, 0.29) is 0 Å². The number of nitrogens with one attached hydrogen (secondary N) is 2. The van der Waals surface area contributed by atoms with E-state index in [2.05, 4.69) is 30.5 Å². The highest BCUT2D eigenvalue weighted by Gasteiger charge is 2.02. The first kappa shape index (κ1) is 13.3. The normalized spacial score (nSPS) is 10.4. The second-order valence-electron chi connectivity index (χ2n) is 4.03. The van der Waals surface area contributed by atoms with Gasteiger partial charge in [0, 0.05) is 19.0 Å². The summed E-state index contributed by atoms with van der Waals surface area (Å²) in [5.41, 5.74) is 0. The van der Waals surface area contributed by atoms with Crippen LogP contribution in [0.15, 0.2) is 12.4 Å². The molecule has 2 N–H and O–H groups in total. The van der Waals surface area contributed by atoms with Crippen LogP contribution in [0.3, 0.4) is 0 Å². The van der Waals surface area contributed by atoms with Crippen LogP contribution in [0.5, 0.6) is 5.88 Å². The lowest BCUT2D eigenvalue weighted by molar-refractivity contribution is 0.325. The number of H-pyrrole nitrogens is 1. The van der Waals surface area contributed by atoms with E-state index in [0.29, 0.717) is 18.3 Å². The van der Waals surface area contributed by atoms with Crippen molar-refractivity contribution in [3.05, 3.63) is 24.0 Å². The molecular weight excluding hydrogens is 244 g/mol. The molecule has 0 saturated heterocycles. The SMILES string of the molecule is CCOc1cc(NCCCc2ncn[nH]2)nc(C)n1. The van der Waals surface area contributed by atoms with Gasteiger partial charge in [0.15, 0.2) is 0 Å². The molecule has 2 heterocycles. The predicted molar refractivity (Wildman–Crippen MR) is 71.1 cm³/mol. The van der Waals surface area contributed by atoms with Crippen LogP contribution >= 0.6 is 0 Å². The molecule has 0 aliphatic rings. The average molecular weight is 262 g/mol. The molecule has 0 aromatic carbocycles. The molecule has 0 saturated carbocycles. The lowest BCUT2D eigenvalue weighted by Crippen LogP contribution is -2.07. The summed E-state index contributed by atoms with van der Waals surface area (Å²) >= 11 is 0. The third kappa shape index (κ3) is 4.20. The number of aromatic nitrogens is 5. The number of ether oxygens (including phenoxy) is 1. The Morgan fingerprint density at radius 1 is 1.37 bits per heavy atom. The maximum atomic E-state index is 5.38. The summed E-state index contributed by atoms with van der Waals surface area (Å²) in [6.07, 6.45) is 3.32. The van der Waals surface area contributed by atoms with E-state index in [1.165, 1.54) is 6.33 Å². The summed E-state index contributed by atoms with van der Waals surface area (Å²) in [4.78, 5) is 12.6.